The Morgan fingerprint density at radius 1 is 1.42 bits per heavy atom. The molecule has 2 aliphatic rings. The number of amidine groups is 1. The van der Waals surface area contributed by atoms with Crippen molar-refractivity contribution in [3.63, 3.8) is 0 Å². The van der Waals surface area contributed by atoms with E-state index in [4.69, 9.17) is 4.74 Å². The van der Waals surface area contributed by atoms with Crippen LogP contribution in [0, 0.1) is 0 Å². The maximum atomic E-state index is 5.28. The van der Waals surface area contributed by atoms with Crippen molar-refractivity contribution in [3.8, 4) is 0 Å². The summed E-state index contributed by atoms with van der Waals surface area (Å²) in [5.74, 6) is 1.21. The third kappa shape index (κ3) is 1.97. The molecule has 1 saturated heterocycles. The van der Waals surface area contributed by atoms with Crippen molar-refractivity contribution in [2.24, 2.45) is 4.99 Å². The Balaban J connectivity index is 1.80. The van der Waals surface area contributed by atoms with Gasteiger partial charge in [0.25, 0.3) is 0 Å². The van der Waals surface area contributed by atoms with Crippen molar-refractivity contribution in [3.05, 3.63) is 0 Å². The van der Waals surface area contributed by atoms with Gasteiger partial charge >= 0.3 is 0 Å². The molecule has 1 atom stereocenters. The zero-order valence-electron chi connectivity index (χ0n) is 7.38. The van der Waals surface area contributed by atoms with E-state index in [1.165, 1.54) is 18.7 Å². The van der Waals surface area contributed by atoms with Gasteiger partial charge in [-0.25, -0.2) is 0 Å². The predicted octanol–water partition coefficient (Wildman–Crippen LogP) is 0.947. The second-order valence-electron chi connectivity index (χ2n) is 3.49. The van der Waals surface area contributed by atoms with E-state index in [9.17, 15) is 0 Å². The van der Waals surface area contributed by atoms with Gasteiger partial charge in [0.2, 0.25) is 0 Å². The number of hydrogen-bond acceptors (Lipinski definition) is 3. The Morgan fingerprint density at radius 2 is 2.42 bits per heavy atom. The van der Waals surface area contributed by atoms with Crippen LogP contribution in [-0.2, 0) is 4.74 Å². The number of nitrogens with zero attached hydrogens (tertiary/aromatic N) is 1. The minimum absolute atomic E-state index is 0.529. The monoisotopic (exact) mass is 168 g/mol. The molecular formula is C9H16N2O. The quantitative estimate of drug-likeness (QED) is 0.632. The minimum Gasteiger partial charge on any atom is -0.379 e. The summed E-state index contributed by atoms with van der Waals surface area (Å²) >= 11 is 0. The molecule has 0 aromatic carbocycles. The molecule has 1 N–H and O–H groups in total. The molecule has 2 aliphatic heterocycles. The second-order valence-corrected chi connectivity index (χ2v) is 3.49. The third-order valence-corrected chi connectivity index (χ3v) is 2.42. The standard InChI is InChI=1S/C9H16N2O/c1-2-5-10-9(3-1)11-8-4-6-12-7-8/h8H,1-7H2,(H,10,11). The van der Waals surface area contributed by atoms with E-state index in [2.05, 4.69) is 10.3 Å². The van der Waals surface area contributed by atoms with Gasteiger partial charge < -0.3 is 10.1 Å². The summed E-state index contributed by atoms with van der Waals surface area (Å²) in [6, 6.07) is 0.529. The lowest BCUT2D eigenvalue weighted by Gasteiger charge is -2.17. The molecule has 0 amide bonds. The molecule has 1 unspecified atom stereocenters. The van der Waals surface area contributed by atoms with E-state index < -0.39 is 0 Å². The lowest BCUT2D eigenvalue weighted by Crippen LogP contribution is -2.36. The number of aliphatic imine (C=N–C) groups is 1. The summed E-state index contributed by atoms with van der Waals surface area (Å²) in [5.41, 5.74) is 0. The minimum atomic E-state index is 0.529. The van der Waals surface area contributed by atoms with E-state index in [1.807, 2.05) is 0 Å². The second kappa shape index (κ2) is 3.90. The largest absolute Gasteiger partial charge is 0.379 e. The maximum Gasteiger partial charge on any atom is 0.0965 e. The Labute approximate surface area is 73.2 Å². The van der Waals surface area contributed by atoms with E-state index in [1.54, 1.807) is 0 Å². The summed E-state index contributed by atoms with van der Waals surface area (Å²) in [4.78, 5) is 4.44. The van der Waals surface area contributed by atoms with Crippen molar-refractivity contribution in [1.29, 1.82) is 0 Å². The van der Waals surface area contributed by atoms with Gasteiger partial charge in [0.15, 0.2) is 0 Å². The highest BCUT2D eigenvalue weighted by atomic mass is 16.5. The van der Waals surface area contributed by atoms with Gasteiger partial charge in [0.1, 0.15) is 0 Å². The SMILES string of the molecule is C1CCC(NC2CCOC2)=NC1. The summed E-state index contributed by atoms with van der Waals surface area (Å²) < 4.78 is 5.28. The van der Waals surface area contributed by atoms with Crippen LogP contribution < -0.4 is 5.32 Å². The van der Waals surface area contributed by atoms with Gasteiger partial charge in [-0.2, -0.15) is 0 Å². The van der Waals surface area contributed by atoms with Crippen LogP contribution in [0.1, 0.15) is 25.7 Å². The predicted molar refractivity (Wildman–Crippen MR) is 48.5 cm³/mol. The molecule has 0 radical (unpaired) electrons. The van der Waals surface area contributed by atoms with Crippen LogP contribution in [0.15, 0.2) is 4.99 Å². The Hall–Kier alpha value is -0.570. The molecule has 3 nitrogen and oxygen atoms in total. The zero-order chi connectivity index (χ0) is 8.23. The maximum absolute atomic E-state index is 5.28. The summed E-state index contributed by atoms with van der Waals surface area (Å²) in [6.45, 7) is 2.78. The first-order valence-corrected chi connectivity index (χ1v) is 4.83. The first kappa shape index (κ1) is 8.05. The van der Waals surface area contributed by atoms with Crippen LogP contribution in [0.2, 0.25) is 0 Å². The lowest BCUT2D eigenvalue weighted by molar-refractivity contribution is 0.192. The highest BCUT2D eigenvalue weighted by Crippen LogP contribution is 2.08. The van der Waals surface area contributed by atoms with Crippen LogP contribution in [0.4, 0.5) is 0 Å². The fourth-order valence-electron chi connectivity index (χ4n) is 1.70. The first-order valence-electron chi connectivity index (χ1n) is 4.83. The van der Waals surface area contributed by atoms with Crippen LogP contribution in [0.3, 0.4) is 0 Å². The number of hydrogen-bond donors (Lipinski definition) is 1. The number of nitrogens with one attached hydrogen (secondary N) is 1. The fraction of sp³-hybridized carbons (Fsp3) is 0.889. The summed E-state index contributed by atoms with van der Waals surface area (Å²) in [6.07, 6.45) is 4.82. The van der Waals surface area contributed by atoms with E-state index in [0.717, 1.165) is 32.6 Å². The molecule has 0 aromatic rings. The molecule has 0 aliphatic carbocycles. The number of ether oxygens (including phenoxy) is 1. The first-order chi connectivity index (χ1) is 5.95. The molecule has 2 rings (SSSR count). The summed E-state index contributed by atoms with van der Waals surface area (Å²) in [5, 5.41) is 3.44. The summed E-state index contributed by atoms with van der Waals surface area (Å²) in [7, 11) is 0. The van der Waals surface area contributed by atoms with E-state index in [0.29, 0.717) is 6.04 Å². The van der Waals surface area contributed by atoms with Gasteiger partial charge in [-0.05, 0) is 19.3 Å². The highest BCUT2D eigenvalue weighted by Gasteiger charge is 2.17. The third-order valence-electron chi connectivity index (χ3n) is 2.42. The molecule has 68 valence electrons. The van der Waals surface area contributed by atoms with Gasteiger partial charge in [0.05, 0.1) is 18.5 Å². The molecule has 12 heavy (non-hydrogen) atoms. The van der Waals surface area contributed by atoms with Gasteiger partial charge in [-0.15, -0.1) is 0 Å². The van der Waals surface area contributed by atoms with E-state index >= 15 is 0 Å². The smallest absolute Gasteiger partial charge is 0.0965 e. The van der Waals surface area contributed by atoms with Gasteiger partial charge in [0, 0.05) is 19.6 Å². The molecule has 0 saturated carbocycles. The van der Waals surface area contributed by atoms with Crippen LogP contribution in [0.25, 0.3) is 0 Å². The Morgan fingerprint density at radius 3 is 3.08 bits per heavy atom. The van der Waals surface area contributed by atoms with Crippen molar-refractivity contribution in [1.82, 2.24) is 5.32 Å². The average molecular weight is 168 g/mol. The molecule has 3 heteroatoms. The Bertz CT molecular complexity index is 173. The zero-order valence-corrected chi connectivity index (χ0v) is 7.38. The van der Waals surface area contributed by atoms with E-state index in [-0.39, 0.29) is 0 Å². The Kier molecular flexibility index (Phi) is 2.61. The van der Waals surface area contributed by atoms with Crippen LogP contribution >= 0.6 is 0 Å². The van der Waals surface area contributed by atoms with Crippen molar-refractivity contribution < 1.29 is 4.74 Å². The highest BCUT2D eigenvalue weighted by molar-refractivity contribution is 5.82. The normalized spacial score (nSPS) is 30.0. The van der Waals surface area contributed by atoms with Crippen molar-refractivity contribution in [2.75, 3.05) is 19.8 Å². The molecule has 1 fully saturated rings. The van der Waals surface area contributed by atoms with Gasteiger partial charge in [-0.3, -0.25) is 4.99 Å². The lowest BCUT2D eigenvalue weighted by atomic mass is 10.1. The van der Waals surface area contributed by atoms with Crippen LogP contribution in [-0.4, -0.2) is 31.6 Å². The molecular weight excluding hydrogens is 152 g/mol. The van der Waals surface area contributed by atoms with Crippen LogP contribution in [0.5, 0.6) is 0 Å². The van der Waals surface area contributed by atoms with Crippen molar-refractivity contribution in [2.45, 2.75) is 31.7 Å². The molecule has 0 aromatic heterocycles. The van der Waals surface area contributed by atoms with Gasteiger partial charge in [-0.1, -0.05) is 0 Å². The molecule has 2 heterocycles. The average Bonchev–Trinajstić information content (AvgIpc) is 2.59. The number of rotatable bonds is 1. The molecule has 0 spiro atoms. The van der Waals surface area contributed by atoms with Crippen molar-refractivity contribution >= 4 is 5.84 Å². The topological polar surface area (TPSA) is 33.6 Å². The fourth-order valence-corrected chi connectivity index (χ4v) is 1.70. The molecule has 0 bridgehead atoms.